The number of methoxy groups -OCH3 is 2. The number of carboxylic acid groups (broad SMARTS) is 1. The van der Waals surface area contributed by atoms with Crippen molar-refractivity contribution >= 4 is 11.9 Å². The summed E-state index contributed by atoms with van der Waals surface area (Å²) in [4.78, 5) is 23.3. The molecule has 1 aliphatic carbocycles. The van der Waals surface area contributed by atoms with Gasteiger partial charge in [-0.25, -0.2) is 0 Å². The summed E-state index contributed by atoms with van der Waals surface area (Å²) < 4.78 is 10.5. The molecule has 3 atom stereocenters. The van der Waals surface area contributed by atoms with Gasteiger partial charge in [-0.1, -0.05) is 0 Å². The van der Waals surface area contributed by atoms with Gasteiger partial charge in [0.25, 0.3) is 0 Å². The molecule has 1 aromatic rings. The Bertz CT molecular complexity index is 572. The highest BCUT2D eigenvalue weighted by molar-refractivity contribution is 5.86. The van der Waals surface area contributed by atoms with Crippen LogP contribution >= 0.6 is 0 Å². The molecule has 1 aromatic carbocycles. The Morgan fingerprint density at radius 1 is 1.23 bits per heavy atom. The maximum atomic E-state index is 12.2. The summed E-state index contributed by atoms with van der Waals surface area (Å²) in [6, 6.07) is 5.07. The van der Waals surface area contributed by atoms with Crippen molar-refractivity contribution in [2.45, 2.75) is 25.8 Å². The molecule has 0 aliphatic heterocycles. The van der Waals surface area contributed by atoms with Crippen LogP contribution in [0.15, 0.2) is 18.2 Å². The number of carboxylic acids is 1. The van der Waals surface area contributed by atoms with Crippen LogP contribution in [0.2, 0.25) is 0 Å². The van der Waals surface area contributed by atoms with Crippen molar-refractivity contribution in [2.75, 3.05) is 14.2 Å². The lowest BCUT2D eigenvalue weighted by Gasteiger charge is -2.33. The predicted octanol–water partition coefficient (Wildman–Crippen LogP) is 1.99. The molecular formula is C16H21NO5. The largest absolute Gasteiger partial charge is 0.497 e. The van der Waals surface area contributed by atoms with Crippen molar-refractivity contribution in [1.29, 1.82) is 0 Å². The van der Waals surface area contributed by atoms with E-state index in [1.54, 1.807) is 32.4 Å². The number of hydrogen-bond donors (Lipinski definition) is 2. The second-order valence-electron chi connectivity index (χ2n) is 5.47. The molecule has 0 saturated heterocycles. The average molecular weight is 307 g/mol. The summed E-state index contributed by atoms with van der Waals surface area (Å²) in [7, 11) is 3.13. The van der Waals surface area contributed by atoms with Crippen molar-refractivity contribution in [3.8, 4) is 11.5 Å². The number of hydrogen-bond acceptors (Lipinski definition) is 4. The minimum atomic E-state index is -0.905. The smallest absolute Gasteiger partial charge is 0.307 e. The molecule has 1 amide bonds. The molecule has 0 bridgehead atoms. The Hall–Kier alpha value is -2.24. The molecule has 0 aromatic heterocycles. The molecule has 0 spiro atoms. The second-order valence-corrected chi connectivity index (χ2v) is 5.47. The number of carbonyl (C=O) groups excluding carboxylic acids is 1. The molecule has 0 heterocycles. The first kappa shape index (κ1) is 16.1. The van der Waals surface area contributed by atoms with E-state index < -0.39 is 17.8 Å². The van der Waals surface area contributed by atoms with Gasteiger partial charge in [0.05, 0.1) is 32.1 Å². The monoisotopic (exact) mass is 307 g/mol. The average Bonchev–Trinajstić information content (AvgIpc) is 2.44. The number of ether oxygens (including phenoxy) is 2. The molecule has 1 aliphatic rings. The standard InChI is InChI=1S/C16H21NO5/c1-9(13-8-10(21-2)4-7-14(13)22-3)17-15(18)11-5-6-12(11)16(19)20/h4,7-9,11-12H,5-6H2,1-3H3,(H,17,18)(H,19,20). The Morgan fingerprint density at radius 2 is 1.91 bits per heavy atom. The van der Waals surface area contributed by atoms with Gasteiger partial charge in [0.2, 0.25) is 5.91 Å². The minimum absolute atomic E-state index is 0.226. The fourth-order valence-corrected chi connectivity index (χ4v) is 2.69. The van der Waals surface area contributed by atoms with Crippen LogP contribution in [-0.4, -0.2) is 31.2 Å². The zero-order valence-electron chi connectivity index (χ0n) is 13.0. The third-order valence-corrected chi connectivity index (χ3v) is 4.19. The summed E-state index contributed by atoms with van der Waals surface area (Å²) in [6.07, 6.45) is 1.18. The Labute approximate surface area is 129 Å². The molecule has 3 unspecified atom stereocenters. The number of aliphatic carboxylic acids is 1. The summed E-state index contributed by atoms with van der Waals surface area (Å²) in [6.45, 7) is 1.84. The van der Waals surface area contributed by atoms with Crippen LogP contribution in [0, 0.1) is 11.8 Å². The van der Waals surface area contributed by atoms with E-state index in [0.29, 0.717) is 24.3 Å². The van der Waals surface area contributed by atoms with E-state index in [9.17, 15) is 9.59 Å². The molecule has 22 heavy (non-hydrogen) atoms. The van der Waals surface area contributed by atoms with Gasteiger partial charge in [-0.05, 0) is 38.0 Å². The van der Waals surface area contributed by atoms with E-state index in [-0.39, 0.29) is 11.9 Å². The van der Waals surface area contributed by atoms with E-state index in [2.05, 4.69) is 5.32 Å². The lowest BCUT2D eigenvalue weighted by atomic mass is 9.73. The van der Waals surface area contributed by atoms with E-state index >= 15 is 0 Å². The van der Waals surface area contributed by atoms with Gasteiger partial charge >= 0.3 is 5.97 Å². The highest BCUT2D eigenvalue weighted by atomic mass is 16.5. The maximum Gasteiger partial charge on any atom is 0.307 e. The summed E-state index contributed by atoms with van der Waals surface area (Å²) >= 11 is 0. The number of rotatable bonds is 6. The number of amides is 1. The molecular weight excluding hydrogens is 286 g/mol. The number of nitrogens with one attached hydrogen (secondary N) is 1. The molecule has 0 radical (unpaired) electrons. The van der Waals surface area contributed by atoms with Gasteiger partial charge in [-0.15, -0.1) is 0 Å². The normalized spacial score (nSPS) is 21.4. The molecule has 2 rings (SSSR count). The third-order valence-electron chi connectivity index (χ3n) is 4.19. The molecule has 6 heteroatoms. The first-order valence-corrected chi connectivity index (χ1v) is 7.23. The fraction of sp³-hybridized carbons (Fsp3) is 0.500. The number of benzene rings is 1. The van der Waals surface area contributed by atoms with Crippen LogP contribution in [0.5, 0.6) is 11.5 Å². The van der Waals surface area contributed by atoms with Crippen molar-refractivity contribution in [2.24, 2.45) is 11.8 Å². The lowest BCUT2D eigenvalue weighted by molar-refractivity contribution is -0.152. The Morgan fingerprint density at radius 3 is 2.41 bits per heavy atom. The highest BCUT2D eigenvalue weighted by Gasteiger charge is 2.41. The first-order valence-electron chi connectivity index (χ1n) is 7.23. The minimum Gasteiger partial charge on any atom is -0.497 e. The highest BCUT2D eigenvalue weighted by Crippen LogP contribution is 2.36. The van der Waals surface area contributed by atoms with Crippen LogP contribution in [-0.2, 0) is 9.59 Å². The van der Waals surface area contributed by atoms with Gasteiger partial charge in [-0.3, -0.25) is 9.59 Å². The Balaban J connectivity index is 2.10. The zero-order chi connectivity index (χ0) is 16.3. The van der Waals surface area contributed by atoms with Crippen molar-refractivity contribution in [3.63, 3.8) is 0 Å². The van der Waals surface area contributed by atoms with Crippen LogP contribution in [0.25, 0.3) is 0 Å². The molecule has 6 nitrogen and oxygen atoms in total. The SMILES string of the molecule is COc1ccc(OC)c(C(C)NC(=O)C2CCC2C(=O)O)c1. The topological polar surface area (TPSA) is 84.9 Å². The van der Waals surface area contributed by atoms with E-state index in [1.807, 2.05) is 6.92 Å². The summed E-state index contributed by atoms with van der Waals surface area (Å²) in [5.41, 5.74) is 0.793. The Kier molecular flexibility index (Phi) is 4.90. The van der Waals surface area contributed by atoms with Crippen LogP contribution in [0.3, 0.4) is 0 Å². The maximum absolute atomic E-state index is 12.2. The van der Waals surface area contributed by atoms with Crippen LogP contribution in [0.1, 0.15) is 31.4 Å². The first-order chi connectivity index (χ1) is 10.5. The predicted molar refractivity (Wildman–Crippen MR) is 80.0 cm³/mol. The fourth-order valence-electron chi connectivity index (χ4n) is 2.69. The quantitative estimate of drug-likeness (QED) is 0.839. The van der Waals surface area contributed by atoms with Crippen LogP contribution in [0.4, 0.5) is 0 Å². The van der Waals surface area contributed by atoms with E-state index in [4.69, 9.17) is 14.6 Å². The van der Waals surface area contributed by atoms with Gasteiger partial charge in [0.15, 0.2) is 0 Å². The zero-order valence-corrected chi connectivity index (χ0v) is 13.0. The van der Waals surface area contributed by atoms with Gasteiger partial charge < -0.3 is 19.9 Å². The van der Waals surface area contributed by atoms with E-state index in [0.717, 1.165) is 5.56 Å². The van der Waals surface area contributed by atoms with Crippen molar-refractivity contribution in [3.05, 3.63) is 23.8 Å². The van der Waals surface area contributed by atoms with Crippen LogP contribution < -0.4 is 14.8 Å². The number of carbonyl (C=O) groups is 2. The van der Waals surface area contributed by atoms with Crippen molar-refractivity contribution < 1.29 is 24.2 Å². The summed E-state index contributed by atoms with van der Waals surface area (Å²) in [5, 5.41) is 11.9. The van der Waals surface area contributed by atoms with Crippen molar-refractivity contribution in [1.82, 2.24) is 5.32 Å². The molecule has 1 saturated carbocycles. The molecule has 120 valence electrons. The summed E-state index contributed by atoms with van der Waals surface area (Å²) in [5.74, 6) is -0.828. The van der Waals surface area contributed by atoms with Gasteiger partial charge in [0.1, 0.15) is 11.5 Å². The second kappa shape index (κ2) is 6.68. The molecule has 2 N–H and O–H groups in total. The van der Waals surface area contributed by atoms with Gasteiger partial charge in [0, 0.05) is 5.56 Å². The van der Waals surface area contributed by atoms with Gasteiger partial charge in [-0.2, -0.15) is 0 Å². The lowest BCUT2D eigenvalue weighted by Crippen LogP contribution is -2.44. The molecule has 1 fully saturated rings. The van der Waals surface area contributed by atoms with E-state index in [1.165, 1.54) is 0 Å². The third kappa shape index (κ3) is 3.16.